The average Bonchev–Trinajstić information content (AvgIpc) is 2.78. The number of hydrogen-bond donors (Lipinski definition) is 0. The van der Waals surface area contributed by atoms with Gasteiger partial charge in [0, 0.05) is 5.92 Å². The van der Waals surface area contributed by atoms with Crippen molar-refractivity contribution < 1.29 is 4.79 Å². The quantitative estimate of drug-likeness (QED) is 0.578. The number of carbonyl (C=O) groups excluding carboxylic acids is 1. The standard InChI is InChI=1S/C22H36O/c1-15(23)17-10-13-22(4)19-9-8-16-7-5-6-12-20(16,2)18(19)11-14-21(17,22)3/h16-19H,5-14H2,1-4H3. The Bertz CT molecular complexity index is 510. The van der Waals surface area contributed by atoms with Crippen molar-refractivity contribution in [3.63, 3.8) is 0 Å². The van der Waals surface area contributed by atoms with Crippen molar-refractivity contribution >= 4 is 5.78 Å². The number of fused-ring (bicyclic) bond motifs is 5. The third-order valence-electron chi connectivity index (χ3n) is 9.92. The van der Waals surface area contributed by atoms with Crippen molar-refractivity contribution in [2.45, 2.75) is 91.9 Å². The second-order valence-electron chi connectivity index (χ2n) is 10.3. The van der Waals surface area contributed by atoms with E-state index in [1.165, 1.54) is 57.8 Å². The highest BCUT2D eigenvalue weighted by atomic mass is 16.1. The molecule has 0 aliphatic heterocycles. The normalized spacial score (nSPS) is 55.7. The van der Waals surface area contributed by atoms with Crippen LogP contribution < -0.4 is 0 Å². The Kier molecular flexibility index (Phi) is 3.57. The molecule has 0 amide bonds. The van der Waals surface area contributed by atoms with Crippen LogP contribution in [0.15, 0.2) is 0 Å². The van der Waals surface area contributed by atoms with Crippen LogP contribution in [0, 0.1) is 39.9 Å². The van der Waals surface area contributed by atoms with Gasteiger partial charge >= 0.3 is 0 Å². The van der Waals surface area contributed by atoms with Crippen LogP contribution in [0.4, 0.5) is 0 Å². The number of Topliss-reactive ketones (excluding diaryl/α,β-unsaturated/α-hetero) is 1. The first-order valence-corrected chi connectivity index (χ1v) is 10.3. The van der Waals surface area contributed by atoms with Crippen LogP contribution in [0.3, 0.4) is 0 Å². The molecule has 0 saturated heterocycles. The van der Waals surface area contributed by atoms with Crippen molar-refractivity contribution in [3.05, 3.63) is 0 Å². The van der Waals surface area contributed by atoms with Crippen LogP contribution in [-0.4, -0.2) is 5.78 Å². The summed E-state index contributed by atoms with van der Waals surface area (Å²) in [5.74, 6) is 3.61. The van der Waals surface area contributed by atoms with Crippen LogP contribution in [0.25, 0.3) is 0 Å². The number of hydrogen-bond acceptors (Lipinski definition) is 1. The predicted octanol–water partition coefficient (Wildman–Crippen LogP) is 6.01. The third-order valence-corrected chi connectivity index (χ3v) is 9.92. The van der Waals surface area contributed by atoms with Gasteiger partial charge in [0.1, 0.15) is 5.78 Å². The molecule has 4 rings (SSSR count). The van der Waals surface area contributed by atoms with E-state index in [9.17, 15) is 4.79 Å². The molecule has 0 heterocycles. The largest absolute Gasteiger partial charge is 0.300 e. The van der Waals surface area contributed by atoms with E-state index >= 15 is 0 Å². The van der Waals surface area contributed by atoms with E-state index in [1.54, 1.807) is 0 Å². The molecule has 0 bridgehead atoms. The molecule has 1 heteroatoms. The first-order valence-electron chi connectivity index (χ1n) is 10.3. The molecule has 0 spiro atoms. The summed E-state index contributed by atoms with van der Waals surface area (Å²) in [5.41, 5.74) is 1.30. The topological polar surface area (TPSA) is 17.1 Å². The Labute approximate surface area is 143 Å². The number of ketones is 1. The summed E-state index contributed by atoms with van der Waals surface area (Å²) in [4.78, 5) is 12.3. The Balaban J connectivity index is 1.70. The number of rotatable bonds is 1. The molecule has 0 aromatic carbocycles. The van der Waals surface area contributed by atoms with Crippen molar-refractivity contribution in [3.8, 4) is 0 Å². The van der Waals surface area contributed by atoms with Gasteiger partial charge in [0.15, 0.2) is 0 Å². The maximum atomic E-state index is 12.3. The van der Waals surface area contributed by atoms with Crippen LogP contribution in [0.5, 0.6) is 0 Å². The molecule has 130 valence electrons. The third kappa shape index (κ3) is 1.94. The summed E-state index contributed by atoms with van der Waals surface area (Å²) >= 11 is 0. The van der Waals surface area contributed by atoms with E-state index in [0.717, 1.165) is 24.2 Å². The molecule has 23 heavy (non-hydrogen) atoms. The van der Waals surface area contributed by atoms with Crippen molar-refractivity contribution in [2.75, 3.05) is 0 Å². The minimum atomic E-state index is 0.276. The van der Waals surface area contributed by atoms with Gasteiger partial charge in [-0.05, 0) is 92.3 Å². The molecular formula is C22H36O. The van der Waals surface area contributed by atoms with E-state index in [2.05, 4.69) is 20.8 Å². The first-order chi connectivity index (χ1) is 10.8. The SMILES string of the molecule is CC(=O)C1CCC2(C)C3CCC4CCCCC4(C)C3CCC12C. The molecule has 4 aliphatic carbocycles. The predicted molar refractivity (Wildman–Crippen MR) is 95.1 cm³/mol. The monoisotopic (exact) mass is 316 g/mol. The maximum absolute atomic E-state index is 12.3. The summed E-state index contributed by atoms with van der Waals surface area (Å²) in [6.07, 6.45) is 14.0. The van der Waals surface area contributed by atoms with Gasteiger partial charge in [-0.2, -0.15) is 0 Å². The van der Waals surface area contributed by atoms with E-state index in [4.69, 9.17) is 0 Å². The maximum Gasteiger partial charge on any atom is 0.133 e. The second-order valence-corrected chi connectivity index (χ2v) is 10.3. The molecule has 0 N–H and O–H groups in total. The van der Waals surface area contributed by atoms with Crippen LogP contribution in [-0.2, 0) is 4.79 Å². The van der Waals surface area contributed by atoms with Crippen molar-refractivity contribution in [1.82, 2.24) is 0 Å². The lowest BCUT2D eigenvalue weighted by atomic mass is 9.40. The summed E-state index contributed by atoms with van der Waals surface area (Å²) < 4.78 is 0. The molecule has 4 aliphatic rings. The highest BCUT2D eigenvalue weighted by Gasteiger charge is 2.65. The summed E-state index contributed by atoms with van der Waals surface area (Å²) in [6, 6.07) is 0. The zero-order valence-corrected chi connectivity index (χ0v) is 15.8. The lowest BCUT2D eigenvalue weighted by Crippen LogP contribution is -2.57. The van der Waals surface area contributed by atoms with E-state index in [-0.39, 0.29) is 5.41 Å². The molecule has 4 fully saturated rings. The smallest absolute Gasteiger partial charge is 0.133 e. The van der Waals surface area contributed by atoms with Crippen LogP contribution >= 0.6 is 0 Å². The first kappa shape index (κ1) is 16.2. The van der Waals surface area contributed by atoms with Crippen molar-refractivity contribution in [2.24, 2.45) is 39.9 Å². The molecule has 4 saturated carbocycles. The van der Waals surface area contributed by atoms with E-state index in [1.807, 2.05) is 6.92 Å². The number of carbonyl (C=O) groups is 1. The lowest BCUT2D eigenvalue weighted by Gasteiger charge is -2.64. The Morgan fingerprint density at radius 3 is 2.26 bits per heavy atom. The fourth-order valence-electron chi connectivity index (χ4n) is 8.35. The van der Waals surface area contributed by atoms with E-state index in [0.29, 0.717) is 22.5 Å². The molecule has 0 aromatic rings. The van der Waals surface area contributed by atoms with E-state index < -0.39 is 0 Å². The van der Waals surface area contributed by atoms with Gasteiger partial charge < -0.3 is 0 Å². The van der Waals surface area contributed by atoms with Gasteiger partial charge in [-0.25, -0.2) is 0 Å². The molecular weight excluding hydrogens is 280 g/mol. The summed E-state index contributed by atoms with van der Waals surface area (Å²) in [7, 11) is 0. The van der Waals surface area contributed by atoms with Gasteiger partial charge in [-0.15, -0.1) is 0 Å². The summed E-state index contributed by atoms with van der Waals surface area (Å²) in [6.45, 7) is 9.57. The van der Waals surface area contributed by atoms with Gasteiger partial charge in [-0.1, -0.05) is 33.6 Å². The lowest BCUT2D eigenvalue weighted by molar-refractivity contribution is -0.158. The minimum absolute atomic E-state index is 0.276. The molecule has 7 unspecified atom stereocenters. The molecule has 0 aromatic heterocycles. The van der Waals surface area contributed by atoms with Crippen molar-refractivity contribution in [1.29, 1.82) is 0 Å². The molecule has 1 nitrogen and oxygen atoms in total. The Morgan fingerprint density at radius 1 is 0.783 bits per heavy atom. The summed E-state index contributed by atoms with van der Waals surface area (Å²) in [5, 5.41) is 0. The zero-order chi connectivity index (χ0) is 16.5. The zero-order valence-electron chi connectivity index (χ0n) is 15.8. The second kappa shape index (κ2) is 5.09. The minimum Gasteiger partial charge on any atom is -0.300 e. The van der Waals surface area contributed by atoms with Gasteiger partial charge in [0.25, 0.3) is 0 Å². The molecule has 7 atom stereocenters. The average molecular weight is 317 g/mol. The molecule has 0 radical (unpaired) electrons. The van der Waals surface area contributed by atoms with Crippen LogP contribution in [0.1, 0.15) is 91.9 Å². The van der Waals surface area contributed by atoms with Crippen LogP contribution in [0.2, 0.25) is 0 Å². The highest BCUT2D eigenvalue weighted by Crippen LogP contribution is 2.72. The fourth-order valence-corrected chi connectivity index (χ4v) is 8.35. The Hall–Kier alpha value is -0.330. The fraction of sp³-hybridized carbons (Fsp3) is 0.955. The van der Waals surface area contributed by atoms with Gasteiger partial charge in [0.05, 0.1) is 0 Å². The highest BCUT2D eigenvalue weighted by molar-refractivity contribution is 5.79. The van der Waals surface area contributed by atoms with Gasteiger partial charge in [0.2, 0.25) is 0 Å². The Morgan fingerprint density at radius 2 is 1.52 bits per heavy atom. The van der Waals surface area contributed by atoms with Gasteiger partial charge in [-0.3, -0.25) is 4.79 Å².